The van der Waals surface area contributed by atoms with Gasteiger partial charge < -0.3 is 4.90 Å². The molecule has 2 aromatic rings. The van der Waals surface area contributed by atoms with Crippen LogP contribution in [0.1, 0.15) is 11.3 Å². The van der Waals surface area contributed by atoms with E-state index in [9.17, 15) is 4.39 Å². The molecule has 0 aliphatic heterocycles. The second kappa shape index (κ2) is 5.58. The molecule has 0 unspecified atom stereocenters. The largest absolute Gasteiger partial charge is 0.359 e. The van der Waals surface area contributed by atoms with Crippen LogP contribution in [0.5, 0.6) is 0 Å². The van der Waals surface area contributed by atoms with E-state index >= 15 is 0 Å². The molecule has 1 aromatic heterocycles. The van der Waals surface area contributed by atoms with Gasteiger partial charge in [-0.3, -0.25) is 0 Å². The summed E-state index contributed by atoms with van der Waals surface area (Å²) in [5.41, 5.74) is 2.07. The first kappa shape index (κ1) is 12.5. The lowest BCUT2D eigenvalue weighted by Gasteiger charge is -2.18. The Labute approximate surface area is 106 Å². The van der Waals surface area contributed by atoms with Crippen LogP contribution in [0.4, 0.5) is 10.2 Å². The molecular formula is C14H16FN3. The van der Waals surface area contributed by atoms with Crippen molar-refractivity contribution < 1.29 is 4.39 Å². The second-order valence-corrected chi connectivity index (χ2v) is 4.32. The lowest BCUT2D eigenvalue weighted by Crippen LogP contribution is -2.21. The van der Waals surface area contributed by atoms with Gasteiger partial charge >= 0.3 is 0 Å². The van der Waals surface area contributed by atoms with Crippen molar-refractivity contribution in [3.63, 3.8) is 0 Å². The minimum Gasteiger partial charge on any atom is -0.359 e. The van der Waals surface area contributed by atoms with Crippen molar-refractivity contribution in [3.05, 3.63) is 53.7 Å². The minimum absolute atomic E-state index is 0.196. The normalized spacial score (nSPS) is 10.4. The van der Waals surface area contributed by atoms with Crippen molar-refractivity contribution in [3.8, 4) is 0 Å². The van der Waals surface area contributed by atoms with Gasteiger partial charge in [-0.15, -0.1) is 0 Å². The maximum Gasteiger partial charge on any atom is 0.131 e. The summed E-state index contributed by atoms with van der Waals surface area (Å²) in [6.07, 6.45) is 2.43. The van der Waals surface area contributed by atoms with E-state index in [1.54, 1.807) is 6.33 Å². The monoisotopic (exact) mass is 245 g/mol. The number of likely N-dealkylation sites (N-methyl/N-ethyl adjacent to an activating group) is 1. The van der Waals surface area contributed by atoms with Crippen LogP contribution in [0.3, 0.4) is 0 Å². The fourth-order valence-electron chi connectivity index (χ4n) is 1.71. The second-order valence-electron chi connectivity index (χ2n) is 4.32. The van der Waals surface area contributed by atoms with E-state index in [4.69, 9.17) is 0 Å². The molecule has 94 valence electrons. The molecule has 4 heteroatoms. The van der Waals surface area contributed by atoms with Gasteiger partial charge in [0.25, 0.3) is 0 Å². The zero-order valence-corrected chi connectivity index (χ0v) is 10.6. The van der Waals surface area contributed by atoms with Crippen LogP contribution in [0.2, 0.25) is 0 Å². The van der Waals surface area contributed by atoms with Gasteiger partial charge in [0.1, 0.15) is 18.0 Å². The molecule has 3 nitrogen and oxygen atoms in total. The molecule has 0 saturated carbocycles. The SMILES string of the molecule is Cc1cc(N(C)CCc2ccc(F)cc2)ncn1. The first-order valence-corrected chi connectivity index (χ1v) is 5.89. The number of halogens is 1. The van der Waals surface area contributed by atoms with Crippen LogP contribution in [0, 0.1) is 12.7 Å². The molecule has 0 saturated heterocycles. The van der Waals surface area contributed by atoms with E-state index in [0.717, 1.165) is 30.0 Å². The molecule has 1 aromatic carbocycles. The standard InChI is InChI=1S/C14H16FN3/c1-11-9-14(17-10-16-11)18(2)8-7-12-3-5-13(15)6-4-12/h3-6,9-10H,7-8H2,1-2H3. The van der Waals surface area contributed by atoms with Gasteiger partial charge in [0.2, 0.25) is 0 Å². The summed E-state index contributed by atoms with van der Waals surface area (Å²) in [6.45, 7) is 2.78. The highest BCUT2D eigenvalue weighted by molar-refractivity contribution is 5.37. The quantitative estimate of drug-likeness (QED) is 0.829. The summed E-state index contributed by atoms with van der Waals surface area (Å²) in [6, 6.07) is 8.56. The molecule has 0 N–H and O–H groups in total. The molecular weight excluding hydrogens is 229 g/mol. The topological polar surface area (TPSA) is 29.0 Å². The molecule has 0 spiro atoms. The van der Waals surface area contributed by atoms with Gasteiger partial charge in [0.15, 0.2) is 0 Å². The summed E-state index contributed by atoms with van der Waals surface area (Å²) < 4.78 is 12.8. The van der Waals surface area contributed by atoms with Gasteiger partial charge in [-0.1, -0.05) is 12.1 Å². The van der Waals surface area contributed by atoms with Crippen LogP contribution in [0.25, 0.3) is 0 Å². The highest BCUT2D eigenvalue weighted by Crippen LogP contribution is 2.10. The first-order chi connectivity index (χ1) is 8.65. The number of anilines is 1. The van der Waals surface area contributed by atoms with E-state index in [1.165, 1.54) is 12.1 Å². The Morgan fingerprint density at radius 3 is 2.56 bits per heavy atom. The van der Waals surface area contributed by atoms with Crippen LogP contribution < -0.4 is 4.90 Å². The summed E-state index contributed by atoms with van der Waals surface area (Å²) in [5.74, 6) is 0.711. The Morgan fingerprint density at radius 1 is 1.17 bits per heavy atom. The highest BCUT2D eigenvalue weighted by Gasteiger charge is 2.03. The Kier molecular flexibility index (Phi) is 3.87. The third-order valence-electron chi connectivity index (χ3n) is 2.83. The van der Waals surface area contributed by atoms with Gasteiger partial charge in [-0.05, 0) is 31.0 Å². The third kappa shape index (κ3) is 3.26. The molecule has 0 aliphatic carbocycles. The van der Waals surface area contributed by atoms with Gasteiger partial charge in [0, 0.05) is 25.4 Å². The van der Waals surface area contributed by atoms with E-state index in [0.29, 0.717) is 0 Å². The van der Waals surface area contributed by atoms with Gasteiger partial charge in [-0.2, -0.15) is 0 Å². The molecule has 1 heterocycles. The van der Waals surface area contributed by atoms with Crippen LogP contribution in [0.15, 0.2) is 36.7 Å². The molecule has 0 fully saturated rings. The Bertz CT molecular complexity index is 511. The molecule has 0 radical (unpaired) electrons. The lowest BCUT2D eigenvalue weighted by atomic mass is 10.1. The van der Waals surface area contributed by atoms with Crippen LogP contribution in [-0.2, 0) is 6.42 Å². The number of benzene rings is 1. The smallest absolute Gasteiger partial charge is 0.131 e. The Morgan fingerprint density at radius 2 is 1.89 bits per heavy atom. The number of hydrogen-bond acceptors (Lipinski definition) is 3. The molecule has 0 atom stereocenters. The number of aromatic nitrogens is 2. The van der Waals surface area contributed by atoms with Crippen molar-refractivity contribution in [2.45, 2.75) is 13.3 Å². The van der Waals surface area contributed by atoms with Crippen molar-refractivity contribution in [2.75, 3.05) is 18.5 Å². The fourth-order valence-corrected chi connectivity index (χ4v) is 1.71. The lowest BCUT2D eigenvalue weighted by molar-refractivity contribution is 0.627. The summed E-state index contributed by atoms with van der Waals surface area (Å²) in [5, 5.41) is 0. The fraction of sp³-hybridized carbons (Fsp3) is 0.286. The molecule has 0 aliphatic rings. The number of nitrogens with zero attached hydrogens (tertiary/aromatic N) is 3. The van der Waals surface area contributed by atoms with Crippen molar-refractivity contribution in [1.29, 1.82) is 0 Å². The zero-order valence-electron chi connectivity index (χ0n) is 10.6. The van der Waals surface area contributed by atoms with E-state index in [2.05, 4.69) is 14.9 Å². The van der Waals surface area contributed by atoms with E-state index < -0.39 is 0 Å². The highest BCUT2D eigenvalue weighted by atomic mass is 19.1. The first-order valence-electron chi connectivity index (χ1n) is 5.89. The average molecular weight is 245 g/mol. The van der Waals surface area contributed by atoms with Crippen molar-refractivity contribution >= 4 is 5.82 Å². The van der Waals surface area contributed by atoms with Gasteiger partial charge in [0.05, 0.1) is 0 Å². The maximum absolute atomic E-state index is 12.8. The van der Waals surface area contributed by atoms with E-state index in [-0.39, 0.29) is 5.82 Å². The summed E-state index contributed by atoms with van der Waals surface area (Å²) >= 11 is 0. The maximum atomic E-state index is 12.8. The number of hydrogen-bond donors (Lipinski definition) is 0. The van der Waals surface area contributed by atoms with Gasteiger partial charge in [-0.25, -0.2) is 14.4 Å². The van der Waals surface area contributed by atoms with Crippen LogP contribution in [-0.4, -0.2) is 23.6 Å². The molecule has 2 rings (SSSR count). The van der Waals surface area contributed by atoms with E-state index in [1.807, 2.05) is 32.2 Å². The van der Waals surface area contributed by atoms with Crippen molar-refractivity contribution in [1.82, 2.24) is 9.97 Å². The molecule has 0 amide bonds. The van der Waals surface area contributed by atoms with Crippen LogP contribution >= 0.6 is 0 Å². The molecule has 0 bridgehead atoms. The predicted octanol–water partition coefficient (Wildman–Crippen LogP) is 2.60. The number of aryl methyl sites for hydroxylation is 1. The minimum atomic E-state index is -0.196. The average Bonchev–Trinajstić information content (AvgIpc) is 2.38. The van der Waals surface area contributed by atoms with Crippen molar-refractivity contribution in [2.24, 2.45) is 0 Å². The zero-order chi connectivity index (χ0) is 13.0. The summed E-state index contributed by atoms with van der Waals surface area (Å²) in [4.78, 5) is 10.4. The summed E-state index contributed by atoms with van der Waals surface area (Å²) in [7, 11) is 1.99. The Hall–Kier alpha value is -1.97. The third-order valence-corrected chi connectivity index (χ3v) is 2.83. The Balaban J connectivity index is 1.96. The number of rotatable bonds is 4. The predicted molar refractivity (Wildman–Crippen MR) is 70.1 cm³/mol. The molecule has 18 heavy (non-hydrogen) atoms.